The van der Waals surface area contributed by atoms with Gasteiger partial charge in [0.2, 0.25) is 5.82 Å². The highest BCUT2D eigenvalue weighted by molar-refractivity contribution is 5.90. The molecule has 1 aromatic rings. The van der Waals surface area contributed by atoms with Crippen LogP contribution in [0.1, 0.15) is 49.6 Å². The lowest BCUT2D eigenvalue weighted by Gasteiger charge is -2.35. The lowest BCUT2D eigenvalue weighted by atomic mass is 9.94. The lowest BCUT2D eigenvalue weighted by molar-refractivity contribution is -0.00236. The minimum absolute atomic E-state index is 0.149. The second-order valence-corrected chi connectivity index (χ2v) is 5.14. The zero-order valence-electron chi connectivity index (χ0n) is 10.9. The number of aromatic amines is 1. The van der Waals surface area contributed by atoms with Crippen LogP contribution in [0.4, 0.5) is 0 Å². The molecule has 0 aliphatic carbocycles. The van der Waals surface area contributed by atoms with Crippen LogP contribution in [0, 0.1) is 0 Å². The third-order valence-electron chi connectivity index (χ3n) is 3.34. The van der Waals surface area contributed by atoms with Gasteiger partial charge in [-0.1, -0.05) is 6.92 Å². The van der Waals surface area contributed by atoms with E-state index in [1.807, 2.05) is 0 Å². The van der Waals surface area contributed by atoms with Crippen molar-refractivity contribution in [1.29, 1.82) is 0 Å². The minimum Gasteiger partial charge on any atom is -0.390 e. The van der Waals surface area contributed by atoms with E-state index in [0.29, 0.717) is 25.9 Å². The number of aromatic nitrogens is 3. The number of carbonyl (C=O) groups excluding carboxylic acids is 1. The van der Waals surface area contributed by atoms with E-state index in [0.717, 1.165) is 18.7 Å². The Bertz CT molecular complexity index is 417. The first-order valence-corrected chi connectivity index (χ1v) is 6.45. The number of nitrogens with zero attached hydrogens (tertiary/aromatic N) is 3. The number of amides is 1. The molecule has 1 aliphatic heterocycles. The average molecular weight is 252 g/mol. The molecule has 1 saturated heterocycles. The number of piperidine rings is 1. The third-order valence-corrected chi connectivity index (χ3v) is 3.34. The highest BCUT2D eigenvalue weighted by atomic mass is 16.3. The Hall–Kier alpha value is -1.43. The number of rotatable bonds is 3. The van der Waals surface area contributed by atoms with Gasteiger partial charge in [-0.25, -0.2) is 4.98 Å². The van der Waals surface area contributed by atoms with E-state index in [4.69, 9.17) is 0 Å². The van der Waals surface area contributed by atoms with Gasteiger partial charge in [-0.3, -0.25) is 9.89 Å². The normalized spacial score (nSPS) is 18.9. The number of aliphatic hydroxyl groups is 1. The quantitative estimate of drug-likeness (QED) is 0.831. The van der Waals surface area contributed by atoms with Crippen LogP contribution in [0.15, 0.2) is 0 Å². The van der Waals surface area contributed by atoms with E-state index >= 15 is 0 Å². The van der Waals surface area contributed by atoms with E-state index in [1.54, 1.807) is 11.8 Å². The van der Waals surface area contributed by atoms with Gasteiger partial charge in [0.1, 0.15) is 5.82 Å². The molecule has 0 unspecified atom stereocenters. The van der Waals surface area contributed by atoms with Crippen molar-refractivity contribution in [2.24, 2.45) is 0 Å². The van der Waals surface area contributed by atoms with Crippen LogP contribution in [0.2, 0.25) is 0 Å². The molecular formula is C12H20N4O2. The highest BCUT2D eigenvalue weighted by Gasteiger charge is 2.31. The van der Waals surface area contributed by atoms with Gasteiger partial charge < -0.3 is 10.0 Å². The molecule has 6 heteroatoms. The largest absolute Gasteiger partial charge is 0.390 e. The van der Waals surface area contributed by atoms with Crippen LogP contribution in [0.3, 0.4) is 0 Å². The van der Waals surface area contributed by atoms with Crippen molar-refractivity contribution in [3.8, 4) is 0 Å². The molecule has 6 nitrogen and oxygen atoms in total. The standard InChI is InChI=1S/C12H20N4O2/c1-3-4-9-13-10(15-14-9)11(17)16-7-5-12(2,18)6-8-16/h18H,3-8H2,1-2H3,(H,13,14,15). The summed E-state index contributed by atoms with van der Waals surface area (Å²) in [4.78, 5) is 18.0. The lowest BCUT2D eigenvalue weighted by Crippen LogP contribution is -2.45. The number of aryl methyl sites for hydroxylation is 1. The summed E-state index contributed by atoms with van der Waals surface area (Å²) in [5.74, 6) is 0.842. The van der Waals surface area contributed by atoms with E-state index in [2.05, 4.69) is 22.1 Å². The number of hydrogen-bond donors (Lipinski definition) is 2. The van der Waals surface area contributed by atoms with Crippen LogP contribution in [0.5, 0.6) is 0 Å². The molecule has 1 aromatic heterocycles. The van der Waals surface area contributed by atoms with Crippen molar-refractivity contribution in [1.82, 2.24) is 20.1 Å². The fourth-order valence-electron chi connectivity index (χ4n) is 2.07. The van der Waals surface area contributed by atoms with Gasteiger partial charge in [-0.05, 0) is 26.2 Å². The van der Waals surface area contributed by atoms with Crippen LogP contribution in [0.25, 0.3) is 0 Å². The van der Waals surface area contributed by atoms with Crippen molar-refractivity contribution >= 4 is 5.91 Å². The van der Waals surface area contributed by atoms with Gasteiger partial charge in [0, 0.05) is 19.5 Å². The highest BCUT2D eigenvalue weighted by Crippen LogP contribution is 2.21. The Morgan fingerprint density at radius 3 is 2.78 bits per heavy atom. The topological polar surface area (TPSA) is 82.1 Å². The first-order chi connectivity index (χ1) is 8.52. The van der Waals surface area contributed by atoms with E-state index in [-0.39, 0.29) is 11.7 Å². The maximum absolute atomic E-state index is 12.1. The summed E-state index contributed by atoms with van der Waals surface area (Å²) < 4.78 is 0. The van der Waals surface area contributed by atoms with Gasteiger partial charge in [-0.15, -0.1) is 5.10 Å². The predicted octanol–water partition coefficient (Wildman–Crippen LogP) is 0.744. The first-order valence-electron chi connectivity index (χ1n) is 6.45. The van der Waals surface area contributed by atoms with Crippen molar-refractivity contribution < 1.29 is 9.90 Å². The Labute approximate surface area is 106 Å². The minimum atomic E-state index is -0.650. The Morgan fingerprint density at radius 1 is 1.50 bits per heavy atom. The Morgan fingerprint density at radius 2 is 2.17 bits per heavy atom. The van der Waals surface area contributed by atoms with Crippen molar-refractivity contribution in [3.63, 3.8) is 0 Å². The first kappa shape index (κ1) is 13.0. The SMILES string of the molecule is CCCc1nc(C(=O)N2CCC(C)(O)CC2)n[nH]1. The molecule has 100 valence electrons. The molecule has 0 bridgehead atoms. The molecule has 1 amide bonds. The molecule has 1 aliphatic rings. The second-order valence-electron chi connectivity index (χ2n) is 5.14. The maximum atomic E-state index is 12.1. The molecule has 0 aromatic carbocycles. The number of nitrogens with one attached hydrogen (secondary N) is 1. The molecule has 2 heterocycles. The van der Waals surface area contributed by atoms with Gasteiger partial charge in [0.15, 0.2) is 0 Å². The molecule has 0 saturated carbocycles. The summed E-state index contributed by atoms with van der Waals surface area (Å²) >= 11 is 0. The summed E-state index contributed by atoms with van der Waals surface area (Å²) in [5, 5.41) is 16.6. The number of H-pyrrole nitrogens is 1. The van der Waals surface area contributed by atoms with Crippen molar-refractivity contribution in [2.45, 2.75) is 45.1 Å². The van der Waals surface area contributed by atoms with Gasteiger partial charge in [0.25, 0.3) is 5.91 Å². The Kier molecular flexibility index (Phi) is 3.65. The second kappa shape index (κ2) is 5.06. The van der Waals surface area contributed by atoms with E-state index < -0.39 is 5.60 Å². The Balaban J connectivity index is 1.98. The van der Waals surface area contributed by atoms with E-state index in [1.165, 1.54) is 0 Å². The molecule has 2 rings (SSSR count). The van der Waals surface area contributed by atoms with Crippen LogP contribution >= 0.6 is 0 Å². The number of likely N-dealkylation sites (tertiary alicyclic amines) is 1. The fraction of sp³-hybridized carbons (Fsp3) is 0.750. The van der Waals surface area contributed by atoms with Crippen molar-refractivity contribution in [2.75, 3.05) is 13.1 Å². The summed E-state index contributed by atoms with van der Waals surface area (Å²) in [5.41, 5.74) is -0.650. The smallest absolute Gasteiger partial charge is 0.293 e. The molecule has 0 spiro atoms. The zero-order chi connectivity index (χ0) is 13.2. The third kappa shape index (κ3) is 2.87. The maximum Gasteiger partial charge on any atom is 0.293 e. The van der Waals surface area contributed by atoms with Crippen molar-refractivity contribution in [3.05, 3.63) is 11.6 Å². The van der Waals surface area contributed by atoms with Crippen LogP contribution < -0.4 is 0 Å². The number of hydrogen-bond acceptors (Lipinski definition) is 4. The number of carbonyl (C=O) groups is 1. The van der Waals surface area contributed by atoms with Crippen LogP contribution in [-0.4, -0.2) is 49.8 Å². The summed E-state index contributed by atoms with van der Waals surface area (Å²) in [6.45, 7) is 4.98. The molecule has 1 fully saturated rings. The van der Waals surface area contributed by atoms with Gasteiger partial charge in [0.05, 0.1) is 5.60 Å². The molecule has 0 radical (unpaired) electrons. The average Bonchev–Trinajstić information content (AvgIpc) is 2.77. The summed E-state index contributed by atoms with van der Waals surface area (Å²) in [6, 6.07) is 0. The summed E-state index contributed by atoms with van der Waals surface area (Å²) in [7, 11) is 0. The van der Waals surface area contributed by atoms with E-state index in [9.17, 15) is 9.90 Å². The monoisotopic (exact) mass is 252 g/mol. The zero-order valence-corrected chi connectivity index (χ0v) is 10.9. The molecule has 2 N–H and O–H groups in total. The van der Waals surface area contributed by atoms with Crippen LogP contribution in [-0.2, 0) is 6.42 Å². The predicted molar refractivity (Wildman–Crippen MR) is 66.1 cm³/mol. The summed E-state index contributed by atoms with van der Waals surface area (Å²) in [6.07, 6.45) is 2.97. The fourth-order valence-corrected chi connectivity index (χ4v) is 2.07. The molecule has 0 atom stereocenters. The molecular weight excluding hydrogens is 232 g/mol. The van der Waals surface area contributed by atoms with Gasteiger partial charge in [-0.2, -0.15) is 0 Å². The molecule has 18 heavy (non-hydrogen) atoms. The van der Waals surface area contributed by atoms with Gasteiger partial charge >= 0.3 is 0 Å².